The first kappa shape index (κ1) is 16.0. The second kappa shape index (κ2) is 8.92. The van der Waals surface area contributed by atoms with Crippen molar-refractivity contribution in [2.45, 2.75) is 71.8 Å². The van der Waals surface area contributed by atoms with E-state index in [4.69, 9.17) is 5.73 Å². The van der Waals surface area contributed by atoms with Crippen LogP contribution in [0.2, 0.25) is 0 Å². The van der Waals surface area contributed by atoms with E-state index in [0.29, 0.717) is 0 Å². The molecule has 0 amide bonds. The maximum absolute atomic E-state index is 5.91. The zero-order valence-electron chi connectivity index (χ0n) is 12.8. The van der Waals surface area contributed by atoms with Crippen molar-refractivity contribution in [2.75, 3.05) is 19.6 Å². The predicted molar refractivity (Wildman–Crippen MR) is 80.7 cm³/mol. The lowest BCUT2D eigenvalue weighted by Gasteiger charge is -2.34. The maximum Gasteiger partial charge on any atom is 0.00951 e. The molecule has 1 rings (SSSR count). The number of hydrogen-bond acceptors (Lipinski definition) is 2. The highest BCUT2D eigenvalue weighted by atomic mass is 15.1. The van der Waals surface area contributed by atoms with Gasteiger partial charge in [-0.3, -0.25) is 0 Å². The molecule has 0 spiro atoms. The Hall–Kier alpha value is -0.0800. The van der Waals surface area contributed by atoms with Crippen LogP contribution in [0.1, 0.15) is 65.7 Å². The molecular weight excluding hydrogens is 220 g/mol. The van der Waals surface area contributed by atoms with Crippen LogP contribution in [0.25, 0.3) is 0 Å². The van der Waals surface area contributed by atoms with Crippen LogP contribution in [-0.2, 0) is 0 Å². The van der Waals surface area contributed by atoms with Gasteiger partial charge in [0.25, 0.3) is 0 Å². The van der Waals surface area contributed by atoms with Crippen LogP contribution in [0.15, 0.2) is 0 Å². The van der Waals surface area contributed by atoms with Crippen molar-refractivity contribution in [1.29, 1.82) is 0 Å². The molecule has 1 atom stereocenters. The molecule has 108 valence electrons. The van der Waals surface area contributed by atoms with Gasteiger partial charge in [0.05, 0.1) is 0 Å². The summed E-state index contributed by atoms with van der Waals surface area (Å²) in [6, 6.07) is 0.862. The fraction of sp³-hybridized carbons (Fsp3) is 1.00. The zero-order chi connectivity index (χ0) is 13.4. The van der Waals surface area contributed by atoms with Gasteiger partial charge in [0.1, 0.15) is 0 Å². The molecule has 0 radical (unpaired) electrons. The van der Waals surface area contributed by atoms with Gasteiger partial charge in [0.2, 0.25) is 0 Å². The average molecular weight is 254 g/mol. The SMILES string of the molecule is CCN(CCC(CN)CC(C)C)C1CCCCC1. The number of nitrogens with zero attached hydrogens (tertiary/aromatic N) is 1. The van der Waals surface area contributed by atoms with Gasteiger partial charge >= 0.3 is 0 Å². The lowest BCUT2D eigenvalue weighted by Crippen LogP contribution is -2.38. The van der Waals surface area contributed by atoms with Crippen molar-refractivity contribution in [3.05, 3.63) is 0 Å². The van der Waals surface area contributed by atoms with E-state index in [1.807, 2.05) is 0 Å². The second-order valence-electron chi connectivity index (χ2n) is 6.44. The van der Waals surface area contributed by atoms with Crippen LogP contribution in [0.3, 0.4) is 0 Å². The summed E-state index contributed by atoms with van der Waals surface area (Å²) >= 11 is 0. The third kappa shape index (κ3) is 5.71. The fourth-order valence-electron chi connectivity index (χ4n) is 3.39. The molecular formula is C16H34N2. The summed E-state index contributed by atoms with van der Waals surface area (Å²) < 4.78 is 0. The molecule has 0 aliphatic heterocycles. The third-order valence-electron chi connectivity index (χ3n) is 4.46. The lowest BCUT2D eigenvalue weighted by atomic mass is 9.91. The van der Waals surface area contributed by atoms with E-state index in [0.717, 1.165) is 24.4 Å². The molecule has 2 N–H and O–H groups in total. The van der Waals surface area contributed by atoms with Crippen LogP contribution in [-0.4, -0.2) is 30.6 Å². The van der Waals surface area contributed by atoms with Crippen LogP contribution in [0.5, 0.6) is 0 Å². The highest BCUT2D eigenvalue weighted by Crippen LogP contribution is 2.23. The molecule has 0 bridgehead atoms. The minimum Gasteiger partial charge on any atom is -0.330 e. The highest BCUT2D eigenvalue weighted by molar-refractivity contribution is 4.76. The Balaban J connectivity index is 2.32. The molecule has 1 unspecified atom stereocenters. The first-order chi connectivity index (χ1) is 8.67. The van der Waals surface area contributed by atoms with Crippen LogP contribution in [0, 0.1) is 11.8 Å². The van der Waals surface area contributed by atoms with Gasteiger partial charge in [-0.25, -0.2) is 0 Å². The summed E-state index contributed by atoms with van der Waals surface area (Å²) in [4.78, 5) is 2.71. The van der Waals surface area contributed by atoms with E-state index >= 15 is 0 Å². The molecule has 2 nitrogen and oxygen atoms in total. The molecule has 0 aromatic rings. The Morgan fingerprint density at radius 2 is 1.83 bits per heavy atom. The van der Waals surface area contributed by atoms with Crippen LogP contribution >= 0.6 is 0 Å². The maximum atomic E-state index is 5.91. The van der Waals surface area contributed by atoms with Crippen molar-refractivity contribution < 1.29 is 0 Å². The van der Waals surface area contributed by atoms with Crippen molar-refractivity contribution in [3.63, 3.8) is 0 Å². The monoisotopic (exact) mass is 254 g/mol. The molecule has 1 aliphatic rings. The Bertz CT molecular complexity index is 197. The molecule has 1 saturated carbocycles. The number of nitrogens with two attached hydrogens (primary N) is 1. The smallest absolute Gasteiger partial charge is 0.00951 e. The minimum absolute atomic E-state index is 0.725. The third-order valence-corrected chi connectivity index (χ3v) is 4.46. The Morgan fingerprint density at radius 3 is 2.33 bits per heavy atom. The topological polar surface area (TPSA) is 29.3 Å². The molecule has 0 saturated heterocycles. The zero-order valence-corrected chi connectivity index (χ0v) is 12.8. The van der Waals surface area contributed by atoms with Gasteiger partial charge in [-0.05, 0) is 57.2 Å². The first-order valence-electron chi connectivity index (χ1n) is 8.11. The summed E-state index contributed by atoms with van der Waals surface area (Å²) in [6.45, 7) is 10.3. The van der Waals surface area contributed by atoms with Gasteiger partial charge in [0, 0.05) is 6.04 Å². The van der Waals surface area contributed by atoms with Crippen molar-refractivity contribution in [1.82, 2.24) is 4.90 Å². The highest BCUT2D eigenvalue weighted by Gasteiger charge is 2.20. The molecule has 0 aromatic carbocycles. The van der Waals surface area contributed by atoms with Crippen LogP contribution in [0.4, 0.5) is 0 Å². The molecule has 0 aromatic heterocycles. The average Bonchev–Trinajstić information content (AvgIpc) is 2.39. The lowest BCUT2D eigenvalue weighted by molar-refractivity contribution is 0.151. The van der Waals surface area contributed by atoms with Crippen molar-refractivity contribution in [3.8, 4) is 0 Å². The van der Waals surface area contributed by atoms with Crippen molar-refractivity contribution in [2.24, 2.45) is 17.6 Å². The minimum atomic E-state index is 0.725. The normalized spacial score (nSPS) is 19.7. The largest absolute Gasteiger partial charge is 0.330 e. The molecule has 18 heavy (non-hydrogen) atoms. The van der Waals surface area contributed by atoms with Gasteiger partial charge in [-0.1, -0.05) is 40.0 Å². The van der Waals surface area contributed by atoms with E-state index < -0.39 is 0 Å². The van der Waals surface area contributed by atoms with E-state index in [2.05, 4.69) is 25.7 Å². The van der Waals surface area contributed by atoms with Gasteiger partial charge in [-0.15, -0.1) is 0 Å². The fourth-order valence-corrected chi connectivity index (χ4v) is 3.39. The van der Waals surface area contributed by atoms with E-state index in [9.17, 15) is 0 Å². The summed E-state index contributed by atoms with van der Waals surface area (Å²) in [5.41, 5.74) is 5.91. The summed E-state index contributed by atoms with van der Waals surface area (Å²) in [7, 11) is 0. The number of hydrogen-bond donors (Lipinski definition) is 1. The first-order valence-corrected chi connectivity index (χ1v) is 8.11. The van der Waals surface area contributed by atoms with Gasteiger partial charge < -0.3 is 10.6 Å². The standard InChI is InChI=1S/C16H34N2/c1-4-18(16-8-6-5-7-9-16)11-10-15(13-17)12-14(2)3/h14-16H,4-13,17H2,1-3H3. The molecule has 2 heteroatoms. The van der Waals surface area contributed by atoms with Gasteiger partial charge in [-0.2, -0.15) is 0 Å². The molecule has 1 aliphatic carbocycles. The van der Waals surface area contributed by atoms with Crippen molar-refractivity contribution >= 4 is 0 Å². The molecule has 0 heterocycles. The summed E-state index contributed by atoms with van der Waals surface area (Å²) in [6.07, 6.45) is 9.75. The van der Waals surface area contributed by atoms with Gasteiger partial charge in [0.15, 0.2) is 0 Å². The summed E-state index contributed by atoms with van der Waals surface area (Å²) in [5, 5.41) is 0. The predicted octanol–water partition coefficient (Wildman–Crippen LogP) is 3.65. The molecule has 1 fully saturated rings. The number of rotatable bonds is 8. The Labute approximate surface area is 114 Å². The van der Waals surface area contributed by atoms with E-state index in [1.54, 1.807) is 0 Å². The summed E-state index contributed by atoms with van der Waals surface area (Å²) in [5.74, 6) is 1.51. The van der Waals surface area contributed by atoms with E-state index in [-0.39, 0.29) is 0 Å². The quantitative estimate of drug-likeness (QED) is 0.716. The Morgan fingerprint density at radius 1 is 1.17 bits per heavy atom. The van der Waals surface area contributed by atoms with E-state index in [1.165, 1.54) is 58.0 Å². The Kier molecular flexibility index (Phi) is 7.92. The second-order valence-corrected chi connectivity index (χ2v) is 6.44. The van der Waals surface area contributed by atoms with Crippen LogP contribution < -0.4 is 5.73 Å².